The van der Waals surface area contributed by atoms with Crippen molar-refractivity contribution >= 4 is 101 Å². The Balaban J connectivity index is 0.000000442. The number of carbonyl (C=O) groups excluding carboxylic acids is 4. The zero-order valence-corrected chi connectivity index (χ0v) is 27.9. The third-order valence-electron chi connectivity index (χ3n) is 5.19. The molecule has 12 nitrogen and oxygen atoms in total. The molecule has 0 radical (unpaired) electrons. The molecular formula is C28H36N4O8S4. The fourth-order valence-corrected chi connectivity index (χ4v) is 5.70. The van der Waals surface area contributed by atoms with E-state index >= 15 is 0 Å². The summed E-state index contributed by atoms with van der Waals surface area (Å²) in [4.78, 5) is 68.7. The number of amides is 4. The van der Waals surface area contributed by atoms with Crippen LogP contribution in [0.5, 0.6) is 0 Å². The Bertz CT molecular complexity index is 1330. The molecule has 240 valence electrons. The van der Waals surface area contributed by atoms with Gasteiger partial charge < -0.3 is 31.5 Å². The molecule has 0 unspecified atom stereocenters. The minimum atomic E-state index is -1.17. The molecule has 6 N–H and O–H groups in total. The Labute approximate surface area is 271 Å². The van der Waals surface area contributed by atoms with Gasteiger partial charge in [0.05, 0.1) is 22.5 Å². The number of rotatable bonds is 16. The molecule has 0 aliphatic heterocycles. The van der Waals surface area contributed by atoms with Crippen molar-refractivity contribution in [2.75, 3.05) is 45.3 Å². The van der Waals surface area contributed by atoms with E-state index in [1.165, 1.54) is 31.2 Å². The molecule has 0 aromatic heterocycles. The van der Waals surface area contributed by atoms with Crippen LogP contribution in [-0.4, -0.2) is 69.8 Å². The summed E-state index contributed by atoms with van der Waals surface area (Å²) in [5.41, 5.74) is 1.10. The number of hydrogen-bond acceptors (Lipinski definition) is 10. The maximum Gasteiger partial charge on any atom is 0.337 e. The summed E-state index contributed by atoms with van der Waals surface area (Å²) in [5, 5.41) is 28.8. The average molecular weight is 685 g/mol. The number of carbonyl (C=O) groups is 6. The Hall–Kier alpha value is -3.34. The van der Waals surface area contributed by atoms with Gasteiger partial charge in [-0.1, -0.05) is 50.1 Å². The van der Waals surface area contributed by atoms with Crippen LogP contribution in [-0.2, 0) is 19.2 Å². The van der Waals surface area contributed by atoms with Gasteiger partial charge in [-0.2, -0.15) is 0 Å². The number of hydrogen-bond donors (Lipinski definition) is 6. The summed E-state index contributed by atoms with van der Waals surface area (Å²) in [5.74, 6) is -1.98. The lowest BCUT2D eigenvalue weighted by molar-refractivity contribution is -0.116. The van der Waals surface area contributed by atoms with E-state index in [0.29, 0.717) is 48.6 Å². The van der Waals surface area contributed by atoms with Crippen LogP contribution in [0.3, 0.4) is 0 Å². The van der Waals surface area contributed by atoms with Crippen molar-refractivity contribution in [3.63, 3.8) is 0 Å². The van der Waals surface area contributed by atoms with Crippen molar-refractivity contribution in [2.45, 2.75) is 39.5 Å². The molecule has 0 atom stereocenters. The Kier molecular flexibility index (Phi) is 18.8. The minimum absolute atomic E-state index is 0.0508. The Morgan fingerprint density at radius 2 is 1.05 bits per heavy atom. The number of carboxylic acid groups (broad SMARTS) is 2. The fourth-order valence-electron chi connectivity index (χ4n) is 3.33. The molecule has 0 aliphatic carbocycles. The van der Waals surface area contributed by atoms with Gasteiger partial charge in [0.1, 0.15) is 0 Å². The summed E-state index contributed by atoms with van der Waals surface area (Å²) in [7, 11) is 6.26. The highest BCUT2D eigenvalue weighted by molar-refractivity contribution is 8.76. The van der Waals surface area contributed by atoms with Crippen molar-refractivity contribution < 1.29 is 39.0 Å². The minimum Gasteiger partial charge on any atom is -0.478 e. The third kappa shape index (κ3) is 15.4. The second kappa shape index (κ2) is 21.4. The fraction of sp³-hybridized carbons (Fsp3) is 0.357. The normalized spacial score (nSPS) is 10.1. The maximum absolute atomic E-state index is 11.8. The van der Waals surface area contributed by atoms with E-state index in [1.54, 1.807) is 55.3 Å². The summed E-state index contributed by atoms with van der Waals surface area (Å²) >= 11 is 0. The molecule has 0 fully saturated rings. The first-order chi connectivity index (χ1) is 20.9. The molecule has 16 heteroatoms. The van der Waals surface area contributed by atoms with Crippen molar-refractivity contribution in [3.8, 4) is 0 Å². The van der Waals surface area contributed by atoms with Gasteiger partial charge in [0, 0.05) is 49.1 Å². The van der Waals surface area contributed by atoms with E-state index in [2.05, 4.69) is 21.3 Å². The number of nitrogens with one attached hydrogen (secondary N) is 4. The second-order valence-electron chi connectivity index (χ2n) is 8.68. The topological polar surface area (TPSA) is 191 Å². The van der Waals surface area contributed by atoms with Gasteiger partial charge in [0.2, 0.25) is 23.6 Å². The van der Waals surface area contributed by atoms with Crippen molar-refractivity contribution in [1.82, 2.24) is 0 Å². The summed E-state index contributed by atoms with van der Waals surface area (Å²) in [6.45, 7) is 3.22. The summed E-state index contributed by atoms with van der Waals surface area (Å²) in [6, 6.07) is 8.74. The summed E-state index contributed by atoms with van der Waals surface area (Å²) < 4.78 is 0. The van der Waals surface area contributed by atoms with Crippen molar-refractivity contribution in [2.24, 2.45) is 0 Å². The van der Waals surface area contributed by atoms with Gasteiger partial charge in [0.25, 0.3) is 0 Å². The van der Waals surface area contributed by atoms with Gasteiger partial charge in [-0.3, -0.25) is 19.2 Å². The lowest BCUT2D eigenvalue weighted by atomic mass is 10.1. The molecule has 0 saturated carbocycles. The quantitative estimate of drug-likeness (QED) is 0.0875. The van der Waals surface area contributed by atoms with Gasteiger partial charge in [-0.25, -0.2) is 9.59 Å². The second-order valence-corrected chi connectivity index (χ2v) is 14.1. The lowest BCUT2D eigenvalue weighted by Gasteiger charge is -2.11. The predicted molar refractivity (Wildman–Crippen MR) is 183 cm³/mol. The molecule has 0 spiro atoms. The van der Waals surface area contributed by atoms with Crippen LogP contribution in [0.25, 0.3) is 0 Å². The lowest BCUT2D eigenvalue weighted by Crippen LogP contribution is -2.16. The van der Waals surface area contributed by atoms with Crippen LogP contribution in [0.2, 0.25) is 0 Å². The van der Waals surface area contributed by atoms with Gasteiger partial charge >= 0.3 is 11.9 Å². The van der Waals surface area contributed by atoms with Crippen molar-refractivity contribution in [1.29, 1.82) is 0 Å². The first kappa shape index (κ1) is 38.7. The van der Waals surface area contributed by atoms with Crippen LogP contribution in [0.4, 0.5) is 22.7 Å². The van der Waals surface area contributed by atoms with E-state index in [4.69, 9.17) is 0 Å². The molecule has 4 amide bonds. The highest BCUT2D eigenvalue weighted by Gasteiger charge is 2.15. The van der Waals surface area contributed by atoms with E-state index in [9.17, 15) is 39.0 Å². The van der Waals surface area contributed by atoms with E-state index in [1.807, 2.05) is 19.4 Å². The molecule has 44 heavy (non-hydrogen) atoms. The molecule has 2 aromatic carbocycles. The van der Waals surface area contributed by atoms with E-state index in [0.717, 1.165) is 0 Å². The average Bonchev–Trinajstić information content (AvgIpc) is 2.95. The standard InChI is InChI=1S/C15H20N2O4S2.C13H16N2O4S2/c1-3-4-13(18)16-10-5-6-12(11(9-10)15(20)21)17-14(19)7-8-23-22-2;1-8(16)14-9-3-4-11(10(7-9)13(18)19)15-12(17)5-6-21-20-2/h5-6,9H,3-4,7-8H2,1-2H3,(H,16,18)(H,17,19)(H,20,21);3-4,7H,5-6H2,1-2H3,(H,14,16)(H,15,17)(H,18,19). The molecule has 0 heterocycles. The van der Waals surface area contributed by atoms with E-state index in [-0.39, 0.29) is 46.1 Å². The Morgan fingerprint density at radius 1 is 0.636 bits per heavy atom. The van der Waals surface area contributed by atoms with Gasteiger partial charge in [-0.05, 0) is 55.3 Å². The molecular weight excluding hydrogens is 649 g/mol. The molecule has 0 aliphatic rings. The van der Waals surface area contributed by atoms with Crippen LogP contribution in [0.1, 0.15) is 60.2 Å². The highest BCUT2D eigenvalue weighted by Crippen LogP contribution is 2.24. The smallest absolute Gasteiger partial charge is 0.337 e. The molecule has 2 rings (SSSR count). The molecule has 2 aromatic rings. The maximum atomic E-state index is 11.8. The third-order valence-corrected chi connectivity index (χ3v) is 8.82. The predicted octanol–water partition coefficient (Wildman–Crippen LogP) is 6.15. The van der Waals surface area contributed by atoms with Gasteiger partial charge in [0.15, 0.2) is 0 Å². The first-order valence-electron chi connectivity index (χ1n) is 13.1. The molecule has 0 saturated heterocycles. The first-order valence-corrected chi connectivity index (χ1v) is 18.6. The van der Waals surface area contributed by atoms with Crippen LogP contribution >= 0.6 is 43.2 Å². The number of carboxylic acids is 2. The van der Waals surface area contributed by atoms with Crippen LogP contribution in [0.15, 0.2) is 36.4 Å². The number of benzene rings is 2. The largest absolute Gasteiger partial charge is 0.478 e. The zero-order valence-electron chi connectivity index (χ0n) is 24.7. The SMILES string of the molecule is CCCC(=O)Nc1ccc(NC(=O)CCSSC)c(C(=O)O)c1.CSSCCC(=O)Nc1ccc(NC(C)=O)cc1C(=O)O. The highest BCUT2D eigenvalue weighted by atomic mass is 33.1. The summed E-state index contributed by atoms with van der Waals surface area (Å²) in [6.07, 6.45) is 5.54. The van der Waals surface area contributed by atoms with Crippen LogP contribution in [0, 0.1) is 0 Å². The molecule has 0 bridgehead atoms. The monoisotopic (exact) mass is 684 g/mol. The van der Waals surface area contributed by atoms with Crippen molar-refractivity contribution in [3.05, 3.63) is 47.5 Å². The van der Waals surface area contributed by atoms with E-state index < -0.39 is 11.9 Å². The van der Waals surface area contributed by atoms with Crippen LogP contribution < -0.4 is 21.3 Å². The zero-order chi connectivity index (χ0) is 33.1. The number of aromatic carboxylic acids is 2. The van der Waals surface area contributed by atoms with Gasteiger partial charge in [-0.15, -0.1) is 0 Å². The Morgan fingerprint density at radius 3 is 1.41 bits per heavy atom. The number of anilines is 4.